The normalized spacial score (nSPS) is 20.7. The van der Waals surface area contributed by atoms with Gasteiger partial charge >= 0.3 is 12.0 Å². The number of halogens is 2. The molecule has 2 unspecified atom stereocenters. The first-order chi connectivity index (χ1) is 9.47. The Bertz CT molecular complexity index is 575. The molecule has 0 spiro atoms. The number of carboxylic acids is 1. The molecular weight excluding hydrogens is 303 g/mol. The number of carboxylic acid groups (broad SMARTS) is 1. The van der Waals surface area contributed by atoms with Crippen LogP contribution in [0, 0.1) is 5.92 Å². The maximum Gasteiger partial charge on any atom is 0.319 e. The Labute approximate surface area is 125 Å². The van der Waals surface area contributed by atoms with Crippen LogP contribution in [0.3, 0.4) is 0 Å². The standard InChI is InChI=1S/C13H12Cl2N2O3/c14-9-2-1-3-10(11(9)15)17-13(20)16-8-5-4-7(6-8)12(18)19/h1-5,7-8H,6H2,(H,18,19)(H2,16,17,20). The van der Waals surface area contributed by atoms with E-state index in [0.29, 0.717) is 17.1 Å². The Kier molecular flexibility index (Phi) is 4.52. The number of amides is 2. The molecule has 2 rings (SSSR count). The second-order valence-electron chi connectivity index (χ2n) is 4.37. The minimum absolute atomic E-state index is 0.259. The molecule has 2 atom stereocenters. The maximum absolute atomic E-state index is 11.8. The van der Waals surface area contributed by atoms with Gasteiger partial charge in [-0.3, -0.25) is 4.79 Å². The van der Waals surface area contributed by atoms with E-state index in [9.17, 15) is 9.59 Å². The fraction of sp³-hybridized carbons (Fsp3) is 0.231. The minimum atomic E-state index is -0.899. The number of rotatable bonds is 3. The number of hydrogen-bond donors (Lipinski definition) is 3. The fourth-order valence-corrected chi connectivity index (χ4v) is 2.26. The van der Waals surface area contributed by atoms with E-state index in [0.717, 1.165) is 0 Å². The zero-order valence-corrected chi connectivity index (χ0v) is 11.8. The lowest BCUT2D eigenvalue weighted by molar-refractivity contribution is -0.140. The third-order valence-corrected chi connectivity index (χ3v) is 3.74. The summed E-state index contributed by atoms with van der Waals surface area (Å²) in [6.07, 6.45) is 3.57. The first-order valence-electron chi connectivity index (χ1n) is 5.90. The van der Waals surface area contributed by atoms with Gasteiger partial charge in [-0.05, 0) is 18.6 Å². The van der Waals surface area contributed by atoms with E-state index in [1.807, 2.05) is 0 Å². The summed E-state index contributed by atoms with van der Waals surface area (Å²) in [5.41, 5.74) is 0.397. The van der Waals surface area contributed by atoms with Gasteiger partial charge in [-0.1, -0.05) is 41.4 Å². The van der Waals surface area contributed by atoms with Gasteiger partial charge in [-0.25, -0.2) is 4.79 Å². The lowest BCUT2D eigenvalue weighted by atomic mass is 10.1. The molecule has 20 heavy (non-hydrogen) atoms. The predicted octanol–water partition coefficient (Wildman–Crippen LogP) is 3.14. The van der Waals surface area contributed by atoms with Gasteiger partial charge in [0.15, 0.2) is 0 Å². The van der Waals surface area contributed by atoms with E-state index in [2.05, 4.69) is 10.6 Å². The summed E-state index contributed by atoms with van der Waals surface area (Å²) < 4.78 is 0. The SMILES string of the molecule is O=C(Nc1cccc(Cl)c1Cl)NC1C=CC(C(=O)O)C1. The number of anilines is 1. The van der Waals surface area contributed by atoms with Crippen molar-refractivity contribution in [2.75, 3.05) is 5.32 Å². The van der Waals surface area contributed by atoms with E-state index >= 15 is 0 Å². The number of carbonyl (C=O) groups is 2. The van der Waals surface area contributed by atoms with E-state index in [1.54, 1.807) is 30.4 Å². The molecule has 0 aliphatic heterocycles. The lowest BCUT2D eigenvalue weighted by Crippen LogP contribution is -2.36. The number of aliphatic carboxylic acids is 1. The highest BCUT2D eigenvalue weighted by molar-refractivity contribution is 6.43. The van der Waals surface area contributed by atoms with Gasteiger partial charge in [0.2, 0.25) is 0 Å². The Morgan fingerprint density at radius 1 is 1.25 bits per heavy atom. The summed E-state index contributed by atoms with van der Waals surface area (Å²) in [7, 11) is 0. The summed E-state index contributed by atoms with van der Waals surface area (Å²) in [6.45, 7) is 0. The van der Waals surface area contributed by atoms with Crippen molar-refractivity contribution in [2.24, 2.45) is 5.92 Å². The maximum atomic E-state index is 11.8. The van der Waals surface area contributed by atoms with Crippen molar-refractivity contribution in [3.8, 4) is 0 Å². The number of urea groups is 1. The average Bonchev–Trinajstić information content (AvgIpc) is 2.83. The Morgan fingerprint density at radius 3 is 2.65 bits per heavy atom. The number of hydrogen-bond acceptors (Lipinski definition) is 2. The monoisotopic (exact) mass is 314 g/mol. The summed E-state index contributed by atoms with van der Waals surface area (Å²) >= 11 is 11.8. The van der Waals surface area contributed by atoms with Gasteiger partial charge in [-0.2, -0.15) is 0 Å². The Hall–Kier alpha value is -1.72. The summed E-state index contributed by atoms with van der Waals surface area (Å²) in [5, 5.41) is 14.7. The smallest absolute Gasteiger partial charge is 0.319 e. The quantitative estimate of drug-likeness (QED) is 0.750. The predicted molar refractivity (Wildman–Crippen MR) is 77.3 cm³/mol. The van der Waals surface area contributed by atoms with Gasteiger partial charge in [0.1, 0.15) is 0 Å². The second-order valence-corrected chi connectivity index (χ2v) is 5.16. The molecule has 3 N–H and O–H groups in total. The molecule has 5 nitrogen and oxygen atoms in total. The number of benzene rings is 1. The molecule has 2 amide bonds. The van der Waals surface area contributed by atoms with Crippen LogP contribution >= 0.6 is 23.2 Å². The zero-order valence-electron chi connectivity index (χ0n) is 10.3. The van der Waals surface area contributed by atoms with Crippen molar-refractivity contribution in [3.63, 3.8) is 0 Å². The summed E-state index contributed by atoms with van der Waals surface area (Å²) in [5.74, 6) is -1.46. The highest BCUT2D eigenvalue weighted by Gasteiger charge is 2.25. The third-order valence-electron chi connectivity index (χ3n) is 2.92. The topological polar surface area (TPSA) is 78.4 Å². The lowest BCUT2D eigenvalue weighted by Gasteiger charge is -2.14. The Balaban J connectivity index is 1.92. The molecule has 0 heterocycles. The van der Waals surface area contributed by atoms with Gasteiger partial charge in [0.05, 0.1) is 27.7 Å². The van der Waals surface area contributed by atoms with Crippen LogP contribution in [0.4, 0.5) is 10.5 Å². The summed E-state index contributed by atoms with van der Waals surface area (Å²) in [4.78, 5) is 22.6. The molecule has 1 aromatic carbocycles. The van der Waals surface area contributed by atoms with Crippen LogP contribution < -0.4 is 10.6 Å². The molecule has 0 bridgehead atoms. The van der Waals surface area contributed by atoms with Crippen molar-refractivity contribution >= 4 is 40.9 Å². The molecule has 7 heteroatoms. The highest BCUT2D eigenvalue weighted by Crippen LogP contribution is 2.29. The van der Waals surface area contributed by atoms with Gasteiger partial charge in [0, 0.05) is 0 Å². The number of nitrogens with one attached hydrogen (secondary N) is 2. The molecule has 106 valence electrons. The van der Waals surface area contributed by atoms with Gasteiger partial charge in [-0.15, -0.1) is 0 Å². The van der Waals surface area contributed by atoms with Crippen molar-refractivity contribution in [3.05, 3.63) is 40.4 Å². The molecule has 1 aromatic rings. The van der Waals surface area contributed by atoms with Crippen molar-refractivity contribution in [1.82, 2.24) is 5.32 Å². The molecule has 0 aromatic heterocycles. The minimum Gasteiger partial charge on any atom is -0.481 e. The highest BCUT2D eigenvalue weighted by atomic mass is 35.5. The molecule has 0 radical (unpaired) electrons. The second kappa shape index (κ2) is 6.15. The van der Waals surface area contributed by atoms with Crippen molar-refractivity contribution in [1.29, 1.82) is 0 Å². The average molecular weight is 315 g/mol. The van der Waals surface area contributed by atoms with E-state index in [-0.39, 0.29) is 11.1 Å². The molecular formula is C13H12Cl2N2O3. The Morgan fingerprint density at radius 2 is 2.00 bits per heavy atom. The van der Waals surface area contributed by atoms with E-state index in [1.165, 1.54) is 0 Å². The van der Waals surface area contributed by atoms with Crippen LogP contribution in [-0.4, -0.2) is 23.1 Å². The first-order valence-corrected chi connectivity index (χ1v) is 6.65. The largest absolute Gasteiger partial charge is 0.481 e. The number of carbonyl (C=O) groups excluding carboxylic acids is 1. The third kappa shape index (κ3) is 3.43. The van der Waals surface area contributed by atoms with E-state index < -0.39 is 17.9 Å². The van der Waals surface area contributed by atoms with Crippen LogP contribution in [0.1, 0.15) is 6.42 Å². The molecule has 0 saturated heterocycles. The zero-order chi connectivity index (χ0) is 14.7. The summed E-state index contributed by atoms with van der Waals surface area (Å²) in [6, 6.07) is 4.13. The van der Waals surface area contributed by atoms with Crippen LogP contribution in [0.5, 0.6) is 0 Å². The van der Waals surface area contributed by atoms with Crippen molar-refractivity contribution in [2.45, 2.75) is 12.5 Å². The molecule has 0 fully saturated rings. The van der Waals surface area contributed by atoms with Crippen LogP contribution in [0.2, 0.25) is 10.0 Å². The van der Waals surface area contributed by atoms with Gasteiger partial charge < -0.3 is 15.7 Å². The van der Waals surface area contributed by atoms with E-state index in [4.69, 9.17) is 28.3 Å². The molecule has 1 aliphatic rings. The first kappa shape index (κ1) is 14.7. The van der Waals surface area contributed by atoms with Crippen LogP contribution in [-0.2, 0) is 4.79 Å². The molecule has 1 aliphatic carbocycles. The molecule has 0 saturated carbocycles. The van der Waals surface area contributed by atoms with Crippen molar-refractivity contribution < 1.29 is 14.7 Å². The fourth-order valence-electron chi connectivity index (χ4n) is 1.92. The van der Waals surface area contributed by atoms with Gasteiger partial charge in [0.25, 0.3) is 0 Å². The van der Waals surface area contributed by atoms with Crippen LogP contribution in [0.25, 0.3) is 0 Å². The van der Waals surface area contributed by atoms with Crippen LogP contribution in [0.15, 0.2) is 30.4 Å².